The standard InChI is InChI=1S/C16H17N3OS2/c1-11(14-8-5-9-21-14)19(2)15(20)10-22-16-17-12-6-3-4-7-13(12)18-16/h3-9,11H,10H2,1-2H3,(H,17,18). The lowest BCUT2D eigenvalue weighted by Crippen LogP contribution is -2.30. The van der Waals surface area contributed by atoms with E-state index in [-0.39, 0.29) is 11.9 Å². The lowest BCUT2D eigenvalue weighted by Gasteiger charge is -2.23. The SMILES string of the molecule is CC(c1cccs1)N(C)C(=O)CSc1nc2ccccc2[nH]1. The van der Waals surface area contributed by atoms with Crippen LogP contribution in [-0.2, 0) is 4.79 Å². The van der Waals surface area contributed by atoms with Crippen LogP contribution < -0.4 is 0 Å². The van der Waals surface area contributed by atoms with E-state index in [0.29, 0.717) is 5.75 Å². The van der Waals surface area contributed by atoms with Crippen LogP contribution >= 0.6 is 23.1 Å². The second kappa shape index (κ2) is 6.54. The van der Waals surface area contributed by atoms with Crippen molar-refractivity contribution in [2.75, 3.05) is 12.8 Å². The molecule has 6 heteroatoms. The number of imidazole rings is 1. The molecule has 0 spiro atoms. The highest BCUT2D eigenvalue weighted by Crippen LogP contribution is 2.25. The maximum atomic E-state index is 12.3. The number of thiophene rings is 1. The van der Waals surface area contributed by atoms with Gasteiger partial charge in [0.1, 0.15) is 0 Å². The van der Waals surface area contributed by atoms with Crippen molar-refractivity contribution in [3.8, 4) is 0 Å². The first-order valence-corrected chi connectivity index (χ1v) is 8.88. The molecule has 0 aliphatic heterocycles. The molecule has 0 saturated heterocycles. The molecule has 0 bridgehead atoms. The van der Waals surface area contributed by atoms with Gasteiger partial charge in [-0.05, 0) is 30.5 Å². The van der Waals surface area contributed by atoms with E-state index in [1.54, 1.807) is 16.2 Å². The van der Waals surface area contributed by atoms with Gasteiger partial charge in [0.25, 0.3) is 0 Å². The number of thioether (sulfide) groups is 1. The number of H-pyrrole nitrogens is 1. The zero-order valence-electron chi connectivity index (χ0n) is 12.4. The molecule has 2 heterocycles. The van der Waals surface area contributed by atoms with Crippen molar-refractivity contribution in [2.45, 2.75) is 18.1 Å². The Kier molecular flexibility index (Phi) is 4.49. The van der Waals surface area contributed by atoms with Gasteiger partial charge in [0.2, 0.25) is 5.91 Å². The molecule has 0 aliphatic rings. The van der Waals surface area contributed by atoms with Crippen molar-refractivity contribution in [3.05, 3.63) is 46.7 Å². The van der Waals surface area contributed by atoms with Crippen molar-refractivity contribution in [1.29, 1.82) is 0 Å². The maximum Gasteiger partial charge on any atom is 0.233 e. The van der Waals surface area contributed by atoms with Crippen LogP contribution in [0.3, 0.4) is 0 Å². The summed E-state index contributed by atoms with van der Waals surface area (Å²) in [5, 5.41) is 2.82. The van der Waals surface area contributed by atoms with E-state index in [2.05, 4.69) is 23.0 Å². The monoisotopic (exact) mass is 331 g/mol. The molecule has 3 aromatic rings. The first kappa shape index (κ1) is 15.1. The topological polar surface area (TPSA) is 49.0 Å². The van der Waals surface area contributed by atoms with Crippen LogP contribution in [0, 0.1) is 0 Å². The van der Waals surface area contributed by atoms with E-state index >= 15 is 0 Å². The highest BCUT2D eigenvalue weighted by molar-refractivity contribution is 7.99. The molecule has 114 valence electrons. The number of hydrogen-bond donors (Lipinski definition) is 1. The molecule has 2 aromatic heterocycles. The smallest absolute Gasteiger partial charge is 0.233 e. The van der Waals surface area contributed by atoms with Gasteiger partial charge in [0, 0.05) is 11.9 Å². The van der Waals surface area contributed by atoms with Crippen LogP contribution in [0.25, 0.3) is 11.0 Å². The first-order valence-electron chi connectivity index (χ1n) is 7.02. The number of fused-ring (bicyclic) bond motifs is 1. The number of benzene rings is 1. The first-order chi connectivity index (χ1) is 10.6. The van der Waals surface area contributed by atoms with Gasteiger partial charge in [-0.25, -0.2) is 4.98 Å². The number of aromatic amines is 1. The van der Waals surface area contributed by atoms with Crippen LogP contribution in [-0.4, -0.2) is 33.6 Å². The van der Waals surface area contributed by atoms with Gasteiger partial charge < -0.3 is 9.88 Å². The second-order valence-corrected chi connectivity index (χ2v) is 6.99. The van der Waals surface area contributed by atoms with Crippen LogP contribution in [0.4, 0.5) is 0 Å². The average Bonchev–Trinajstić information content (AvgIpc) is 3.19. The molecule has 1 amide bonds. The summed E-state index contributed by atoms with van der Waals surface area (Å²) in [6, 6.07) is 12.0. The third kappa shape index (κ3) is 3.18. The minimum atomic E-state index is 0.101. The summed E-state index contributed by atoms with van der Waals surface area (Å²) in [4.78, 5) is 23.0. The van der Waals surface area contributed by atoms with Crippen LogP contribution in [0.15, 0.2) is 46.9 Å². The molecule has 0 fully saturated rings. The van der Waals surface area contributed by atoms with Crippen molar-refractivity contribution in [1.82, 2.24) is 14.9 Å². The third-order valence-corrected chi connectivity index (χ3v) is 5.53. The summed E-state index contributed by atoms with van der Waals surface area (Å²) in [5.41, 5.74) is 1.93. The van der Waals surface area contributed by atoms with Crippen molar-refractivity contribution in [3.63, 3.8) is 0 Å². The van der Waals surface area contributed by atoms with Gasteiger partial charge in [-0.2, -0.15) is 0 Å². The Morgan fingerprint density at radius 1 is 1.36 bits per heavy atom. The Balaban J connectivity index is 1.61. The van der Waals surface area contributed by atoms with Gasteiger partial charge >= 0.3 is 0 Å². The minimum absolute atomic E-state index is 0.101. The van der Waals surface area contributed by atoms with Crippen molar-refractivity contribution >= 4 is 40.0 Å². The van der Waals surface area contributed by atoms with Crippen LogP contribution in [0.5, 0.6) is 0 Å². The minimum Gasteiger partial charge on any atom is -0.337 e. The molecule has 0 saturated carbocycles. The lowest BCUT2D eigenvalue weighted by molar-refractivity contribution is -0.128. The van der Waals surface area contributed by atoms with Gasteiger partial charge in [-0.15, -0.1) is 11.3 Å². The molecule has 1 N–H and O–H groups in total. The molecule has 4 nitrogen and oxygen atoms in total. The third-order valence-electron chi connectivity index (χ3n) is 3.63. The molecular formula is C16H17N3OS2. The number of nitrogens with one attached hydrogen (secondary N) is 1. The van der Waals surface area contributed by atoms with Crippen LogP contribution in [0.1, 0.15) is 17.8 Å². The number of aromatic nitrogens is 2. The Labute approximate surface area is 137 Å². The molecule has 0 radical (unpaired) electrons. The van der Waals surface area contributed by atoms with E-state index in [9.17, 15) is 4.79 Å². The molecule has 3 rings (SSSR count). The Morgan fingerprint density at radius 3 is 2.91 bits per heavy atom. The fourth-order valence-electron chi connectivity index (χ4n) is 2.17. The maximum absolute atomic E-state index is 12.3. The molecular weight excluding hydrogens is 314 g/mol. The second-order valence-electron chi connectivity index (χ2n) is 5.04. The number of para-hydroxylation sites is 2. The average molecular weight is 331 g/mol. The summed E-state index contributed by atoms with van der Waals surface area (Å²) >= 11 is 3.12. The molecule has 1 atom stereocenters. The van der Waals surface area contributed by atoms with E-state index in [4.69, 9.17) is 0 Å². The number of carbonyl (C=O) groups excluding carboxylic acids is 1. The van der Waals surface area contributed by atoms with Crippen molar-refractivity contribution < 1.29 is 4.79 Å². The highest BCUT2D eigenvalue weighted by Gasteiger charge is 2.18. The fraction of sp³-hybridized carbons (Fsp3) is 0.250. The van der Waals surface area contributed by atoms with E-state index in [0.717, 1.165) is 16.2 Å². The van der Waals surface area contributed by atoms with Gasteiger partial charge in [-0.3, -0.25) is 4.79 Å². The predicted octanol–water partition coefficient (Wildman–Crippen LogP) is 3.94. The summed E-state index contributed by atoms with van der Waals surface area (Å²) in [5.74, 6) is 0.484. The van der Waals surface area contributed by atoms with E-state index in [1.807, 2.05) is 42.8 Å². The quantitative estimate of drug-likeness (QED) is 0.721. The zero-order valence-corrected chi connectivity index (χ0v) is 14.1. The van der Waals surface area contributed by atoms with Gasteiger partial charge in [0.15, 0.2) is 5.16 Å². The van der Waals surface area contributed by atoms with Gasteiger partial charge in [0.05, 0.1) is 22.8 Å². The summed E-state index contributed by atoms with van der Waals surface area (Å²) in [6.07, 6.45) is 0. The normalized spacial score (nSPS) is 12.5. The number of nitrogens with zero attached hydrogens (tertiary/aromatic N) is 2. The fourth-order valence-corrected chi connectivity index (χ4v) is 3.80. The van der Waals surface area contributed by atoms with Gasteiger partial charge in [-0.1, -0.05) is 30.0 Å². The number of amides is 1. The number of rotatable bonds is 5. The van der Waals surface area contributed by atoms with E-state index in [1.165, 1.54) is 16.6 Å². The zero-order chi connectivity index (χ0) is 15.5. The largest absolute Gasteiger partial charge is 0.337 e. The highest BCUT2D eigenvalue weighted by atomic mass is 32.2. The molecule has 22 heavy (non-hydrogen) atoms. The predicted molar refractivity (Wildman–Crippen MR) is 92.3 cm³/mol. The summed E-state index contributed by atoms with van der Waals surface area (Å²) in [6.45, 7) is 2.05. The molecule has 1 aromatic carbocycles. The Bertz CT molecular complexity index is 734. The lowest BCUT2D eigenvalue weighted by atomic mass is 10.2. The summed E-state index contributed by atoms with van der Waals surface area (Å²) in [7, 11) is 1.85. The Hall–Kier alpha value is -1.79. The van der Waals surface area contributed by atoms with Crippen LogP contribution in [0.2, 0.25) is 0 Å². The van der Waals surface area contributed by atoms with Crippen molar-refractivity contribution in [2.24, 2.45) is 0 Å². The summed E-state index contributed by atoms with van der Waals surface area (Å²) < 4.78 is 0. The number of carbonyl (C=O) groups is 1. The Morgan fingerprint density at radius 2 is 2.18 bits per heavy atom. The molecule has 0 aliphatic carbocycles. The number of hydrogen-bond acceptors (Lipinski definition) is 4. The van der Waals surface area contributed by atoms with E-state index < -0.39 is 0 Å². The molecule has 1 unspecified atom stereocenters.